The molecule has 14 heteroatoms. The number of ether oxygens (including phenoxy) is 1. The van der Waals surface area contributed by atoms with Crippen molar-refractivity contribution in [2.75, 3.05) is 39.3 Å². The number of piperazine rings is 1. The van der Waals surface area contributed by atoms with Crippen LogP contribution in [0.5, 0.6) is 5.75 Å². The molecule has 2 aromatic heterocycles. The van der Waals surface area contributed by atoms with Gasteiger partial charge < -0.3 is 30.0 Å². The van der Waals surface area contributed by atoms with Crippen molar-refractivity contribution in [1.82, 2.24) is 20.5 Å². The third kappa shape index (κ3) is 8.31. The molecule has 0 spiro atoms. The summed E-state index contributed by atoms with van der Waals surface area (Å²) in [5.41, 5.74) is -0.175. The number of unbranched alkanes of at least 4 members (excludes halogenated alkanes) is 1. The second-order valence-corrected chi connectivity index (χ2v) is 13.4. The Morgan fingerprint density at radius 2 is 1.73 bits per heavy atom. The van der Waals surface area contributed by atoms with Gasteiger partial charge in [-0.1, -0.05) is 42.5 Å². The summed E-state index contributed by atoms with van der Waals surface area (Å²) in [6.45, 7) is -1.15. The average molecular weight is 723 g/mol. The minimum Gasteiger partial charge on any atom is -0.490 e. The number of β-amino-alcohol motifs (C(OH)–C–C–N with tert-alkyl or cyclic N) is 1. The minimum atomic E-state index is -4.73. The normalized spacial score (nSPS) is 23.3. The van der Waals surface area contributed by atoms with Crippen LogP contribution in [0, 0.1) is 0 Å². The Morgan fingerprint density at radius 3 is 2.50 bits per heavy atom. The summed E-state index contributed by atoms with van der Waals surface area (Å²) in [5, 5.41) is 29.2. The average Bonchev–Trinajstić information content (AvgIpc) is 3.61. The Bertz CT molecular complexity index is 1810. The monoisotopic (exact) mass is 722 g/mol. The van der Waals surface area contributed by atoms with Crippen LogP contribution < -0.4 is 15.4 Å². The van der Waals surface area contributed by atoms with Crippen LogP contribution >= 0.6 is 0 Å². The van der Waals surface area contributed by atoms with Gasteiger partial charge in [0.15, 0.2) is 6.04 Å². The van der Waals surface area contributed by atoms with Gasteiger partial charge >= 0.3 is 12.1 Å². The van der Waals surface area contributed by atoms with Crippen LogP contribution in [0.2, 0.25) is 0 Å². The molecule has 2 aliphatic heterocycles. The predicted octanol–water partition coefficient (Wildman–Crippen LogP) is 4.32. The Balaban J connectivity index is 1.29. The smallest absolute Gasteiger partial charge is 0.405 e. The third-order valence-corrected chi connectivity index (χ3v) is 9.90. The highest BCUT2D eigenvalue weighted by atomic mass is 19.4. The maximum atomic E-state index is 14.1. The van der Waals surface area contributed by atoms with Crippen molar-refractivity contribution in [2.24, 2.45) is 0 Å². The first-order valence-electron chi connectivity index (χ1n) is 17.3. The van der Waals surface area contributed by atoms with Gasteiger partial charge in [0.25, 0.3) is 5.72 Å². The second-order valence-electron chi connectivity index (χ2n) is 13.4. The van der Waals surface area contributed by atoms with Gasteiger partial charge in [0.1, 0.15) is 36.5 Å². The number of carbonyl (C=O) groups excluding carboxylic acids is 2. The molecule has 2 amide bonds. The lowest BCUT2D eigenvalue weighted by Crippen LogP contribution is -2.80. The first-order valence-corrected chi connectivity index (χ1v) is 17.3. The highest BCUT2D eigenvalue weighted by Gasteiger charge is 2.64. The van der Waals surface area contributed by atoms with Crippen LogP contribution in [0.25, 0.3) is 11.3 Å². The SMILES string of the molecule is O=C(CCCC[N@@+]1([C@H]2c3ccccc3OC[C@H]2O)CCN(Cc2ccc(-c3ccccc3)o2)C[C@]1(O)C(=O)NCC(F)(F)F)NCc1ccncc1. The maximum absolute atomic E-state index is 14.1. The van der Waals surface area contributed by atoms with E-state index in [1.54, 1.807) is 59.8 Å². The molecule has 6 rings (SSSR count). The van der Waals surface area contributed by atoms with E-state index in [0.29, 0.717) is 48.8 Å². The molecule has 4 atom stereocenters. The van der Waals surface area contributed by atoms with Crippen LogP contribution in [-0.2, 0) is 22.7 Å². The van der Waals surface area contributed by atoms with Crippen molar-refractivity contribution >= 4 is 11.8 Å². The molecular weight excluding hydrogens is 679 g/mol. The largest absolute Gasteiger partial charge is 0.490 e. The standard InChI is InChI=1S/C38H42F3N5O6/c39-38(40,41)25-44-36(49)37(50)26-45(23-29-13-14-32(52-29)28-8-2-1-3-9-28)19-21-46(37,35-30-10-4-5-11-33(30)51-24-31(35)47)20-7-6-12-34(48)43-22-27-15-17-42-18-16-27/h1-5,8-11,13-18,31,35,47,50H,6-7,12,19-26H2,(H-,43,44,48,49)/p+1/t31-,35+,37+,46+/m1/s1. The highest BCUT2D eigenvalue weighted by Crippen LogP contribution is 2.47. The van der Waals surface area contributed by atoms with Crippen molar-refractivity contribution < 1.29 is 46.6 Å². The predicted molar refractivity (Wildman–Crippen MR) is 184 cm³/mol. The number of quaternary nitrogens is 1. The number of benzene rings is 2. The Hall–Kier alpha value is -4.76. The van der Waals surface area contributed by atoms with E-state index in [9.17, 15) is 33.0 Å². The Labute approximate surface area is 299 Å². The van der Waals surface area contributed by atoms with E-state index in [1.165, 1.54) is 0 Å². The number of hydrogen-bond donors (Lipinski definition) is 4. The fourth-order valence-electron chi connectivity index (χ4n) is 7.41. The number of carbonyl (C=O) groups is 2. The number of para-hydroxylation sites is 1. The summed E-state index contributed by atoms with van der Waals surface area (Å²) in [5.74, 6) is 0.227. The number of amides is 2. The number of hydrogen-bond acceptors (Lipinski definition) is 8. The van der Waals surface area contributed by atoms with Crippen LogP contribution in [-0.4, -0.2) is 93.7 Å². The van der Waals surface area contributed by atoms with E-state index < -0.39 is 41.0 Å². The molecular formula is C38H43F3N5O6+. The molecule has 52 heavy (non-hydrogen) atoms. The van der Waals surface area contributed by atoms with Gasteiger partial charge in [-0.05, 0) is 54.8 Å². The third-order valence-electron chi connectivity index (χ3n) is 9.90. The van der Waals surface area contributed by atoms with E-state index in [4.69, 9.17) is 9.15 Å². The molecule has 276 valence electrons. The first kappa shape index (κ1) is 37.0. The number of furan rings is 1. The lowest BCUT2D eigenvalue weighted by Gasteiger charge is -2.58. The van der Waals surface area contributed by atoms with Crippen LogP contribution in [0.1, 0.15) is 42.2 Å². The molecule has 4 N–H and O–H groups in total. The molecule has 0 bridgehead atoms. The fourth-order valence-corrected chi connectivity index (χ4v) is 7.41. The van der Waals surface area contributed by atoms with E-state index in [2.05, 4.69) is 10.3 Å². The van der Waals surface area contributed by atoms with E-state index in [1.807, 2.05) is 41.7 Å². The summed E-state index contributed by atoms with van der Waals surface area (Å²) in [4.78, 5) is 32.6. The lowest BCUT2D eigenvalue weighted by molar-refractivity contribution is -1.02. The van der Waals surface area contributed by atoms with Gasteiger partial charge in [-0.3, -0.25) is 24.0 Å². The zero-order chi connectivity index (χ0) is 36.8. The first-order chi connectivity index (χ1) is 25.0. The lowest BCUT2D eigenvalue weighted by atomic mass is 9.87. The van der Waals surface area contributed by atoms with Gasteiger partial charge in [-0.15, -0.1) is 0 Å². The van der Waals surface area contributed by atoms with Gasteiger partial charge in [0.05, 0.1) is 31.7 Å². The van der Waals surface area contributed by atoms with Gasteiger partial charge in [-0.2, -0.15) is 13.2 Å². The van der Waals surface area contributed by atoms with E-state index in [0.717, 1.165) is 11.1 Å². The summed E-state index contributed by atoms with van der Waals surface area (Å²) >= 11 is 0. The second kappa shape index (κ2) is 15.9. The van der Waals surface area contributed by atoms with E-state index >= 15 is 0 Å². The number of aliphatic hydroxyl groups is 2. The Morgan fingerprint density at radius 1 is 0.981 bits per heavy atom. The summed E-state index contributed by atoms with van der Waals surface area (Å²) in [7, 11) is 0. The number of fused-ring (bicyclic) bond motifs is 1. The van der Waals surface area contributed by atoms with Crippen LogP contribution in [0.3, 0.4) is 0 Å². The molecule has 0 aliphatic carbocycles. The molecule has 4 aromatic rings. The molecule has 1 fully saturated rings. The molecule has 4 heterocycles. The van der Waals surface area contributed by atoms with Crippen molar-refractivity contribution in [3.8, 4) is 17.1 Å². The zero-order valence-electron chi connectivity index (χ0n) is 28.6. The minimum absolute atomic E-state index is 0.0797. The molecule has 0 saturated carbocycles. The number of pyridine rings is 1. The molecule has 0 unspecified atom stereocenters. The molecule has 11 nitrogen and oxygen atoms in total. The molecule has 1 saturated heterocycles. The van der Waals surface area contributed by atoms with Crippen molar-refractivity contribution in [1.29, 1.82) is 0 Å². The van der Waals surface area contributed by atoms with Crippen LogP contribution in [0.4, 0.5) is 13.2 Å². The topological polar surface area (TPSA) is 137 Å². The molecule has 0 radical (unpaired) electrons. The van der Waals surface area contributed by atoms with Gasteiger partial charge in [0, 0.05) is 37.5 Å². The summed E-state index contributed by atoms with van der Waals surface area (Å²) < 4.78 is 51.9. The summed E-state index contributed by atoms with van der Waals surface area (Å²) in [6.07, 6.45) is -1.84. The number of rotatable bonds is 13. The van der Waals surface area contributed by atoms with Gasteiger partial charge in [0.2, 0.25) is 5.91 Å². The summed E-state index contributed by atoms with van der Waals surface area (Å²) in [6, 6.07) is 22.7. The fraction of sp³-hybridized carbons (Fsp3) is 0.395. The molecule has 2 aliphatic rings. The number of aromatic nitrogens is 1. The maximum Gasteiger partial charge on any atom is 0.405 e. The number of nitrogens with zero attached hydrogens (tertiary/aromatic N) is 3. The Kier molecular flexibility index (Phi) is 11.3. The number of halogens is 3. The van der Waals surface area contributed by atoms with Crippen molar-refractivity contribution in [3.63, 3.8) is 0 Å². The number of aliphatic hydroxyl groups excluding tert-OH is 1. The quantitative estimate of drug-likeness (QED) is 0.118. The van der Waals surface area contributed by atoms with Crippen molar-refractivity contribution in [2.45, 2.75) is 56.4 Å². The van der Waals surface area contributed by atoms with Gasteiger partial charge in [-0.25, -0.2) is 0 Å². The van der Waals surface area contributed by atoms with E-state index in [-0.39, 0.29) is 45.1 Å². The number of nitrogens with one attached hydrogen (secondary N) is 2. The zero-order valence-corrected chi connectivity index (χ0v) is 28.6. The number of alkyl halides is 3. The highest BCUT2D eigenvalue weighted by molar-refractivity contribution is 5.83. The van der Waals surface area contributed by atoms with Crippen molar-refractivity contribution in [3.05, 3.63) is 108 Å². The molecule has 2 aromatic carbocycles. The van der Waals surface area contributed by atoms with Crippen LogP contribution in [0.15, 0.2) is 95.7 Å².